The molecule has 0 heterocycles. The smallest absolute Gasteiger partial charge is 0.426 e. The minimum Gasteiger partial charge on any atom is -0.462 e. The Morgan fingerprint density at radius 2 is 1.50 bits per heavy atom. The summed E-state index contributed by atoms with van der Waals surface area (Å²) in [7, 11) is 0. The van der Waals surface area contributed by atoms with Crippen LogP contribution in [0.5, 0.6) is 0 Å². The van der Waals surface area contributed by atoms with Crippen LogP contribution in [0.15, 0.2) is 0 Å². The highest BCUT2D eigenvalue weighted by Crippen LogP contribution is 2.48. The van der Waals surface area contributed by atoms with Crippen LogP contribution in [0.3, 0.4) is 0 Å². The van der Waals surface area contributed by atoms with Gasteiger partial charge in [0.15, 0.2) is 0 Å². The van der Waals surface area contributed by atoms with Gasteiger partial charge >= 0.3 is 18.3 Å². The molecule has 0 aromatic heterocycles. The van der Waals surface area contributed by atoms with Crippen LogP contribution in [0.1, 0.15) is 65.7 Å². The molecule has 1 rings (SSSR count). The number of rotatable bonds is 6. The highest BCUT2D eigenvalue weighted by Gasteiger charge is 2.71. The molecular weight excluding hydrogens is 366 g/mol. The summed E-state index contributed by atoms with van der Waals surface area (Å²) in [6, 6.07) is 0. The van der Waals surface area contributed by atoms with E-state index in [2.05, 4.69) is 0 Å². The summed E-state index contributed by atoms with van der Waals surface area (Å²) in [5, 5.41) is 9.52. The molecule has 0 radical (unpaired) electrons. The lowest BCUT2D eigenvalue weighted by molar-refractivity contribution is -0.375. The first-order valence-electron chi connectivity index (χ1n) is 8.72. The van der Waals surface area contributed by atoms with E-state index in [0.29, 0.717) is 32.1 Å². The highest BCUT2D eigenvalue weighted by molar-refractivity contribution is 5.76. The zero-order chi connectivity index (χ0) is 20.4. The lowest BCUT2D eigenvalue weighted by atomic mass is 9.80. The molecule has 0 amide bonds. The normalized spacial score (nSPS) is 19.3. The molecule has 0 saturated heterocycles. The average molecular weight is 392 g/mol. The number of halogens is 6. The third kappa shape index (κ3) is 5.04. The Balaban J connectivity index is 3.17. The number of carbonyl (C=O) groups excluding carboxylic acids is 1. The molecule has 1 unspecified atom stereocenters. The van der Waals surface area contributed by atoms with Gasteiger partial charge in [0.25, 0.3) is 5.60 Å². The number of hydrogen-bond donors (Lipinski definition) is 1. The zero-order valence-electron chi connectivity index (χ0n) is 15.1. The summed E-state index contributed by atoms with van der Waals surface area (Å²) in [5.41, 5.74) is -5.96. The SMILES string of the molecule is CCC(C)(C)C(=O)OC(CC(O)(C(F)(F)F)C(F)(F)F)C1CCCCC1. The number of alkyl halides is 6. The Kier molecular flexibility index (Phi) is 7.04. The van der Waals surface area contributed by atoms with Crippen molar-refractivity contribution >= 4 is 5.97 Å². The van der Waals surface area contributed by atoms with Crippen molar-refractivity contribution < 1.29 is 41.0 Å². The second-order valence-electron chi connectivity index (χ2n) is 7.64. The van der Waals surface area contributed by atoms with Crippen molar-refractivity contribution in [1.82, 2.24) is 0 Å². The first-order valence-corrected chi connectivity index (χ1v) is 8.72. The molecule has 0 aromatic carbocycles. The predicted molar refractivity (Wildman–Crippen MR) is 82.2 cm³/mol. The van der Waals surface area contributed by atoms with Gasteiger partial charge in [0, 0.05) is 6.42 Å². The van der Waals surface area contributed by atoms with Crippen LogP contribution >= 0.6 is 0 Å². The maximum atomic E-state index is 13.1. The quantitative estimate of drug-likeness (QED) is 0.502. The molecule has 26 heavy (non-hydrogen) atoms. The fourth-order valence-corrected chi connectivity index (χ4v) is 2.94. The molecule has 9 heteroatoms. The molecule has 0 aromatic rings. The van der Waals surface area contributed by atoms with Gasteiger partial charge in [-0.3, -0.25) is 4.79 Å². The van der Waals surface area contributed by atoms with Gasteiger partial charge in [-0.1, -0.05) is 26.2 Å². The van der Waals surface area contributed by atoms with Crippen molar-refractivity contribution in [3.8, 4) is 0 Å². The van der Waals surface area contributed by atoms with E-state index in [9.17, 15) is 36.2 Å². The molecule has 3 nitrogen and oxygen atoms in total. The summed E-state index contributed by atoms with van der Waals surface area (Å²) in [5.74, 6) is -1.50. The molecule has 1 fully saturated rings. The minimum atomic E-state index is -5.93. The molecule has 1 saturated carbocycles. The molecule has 1 aliphatic rings. The van der Waals surface area contributed by atoms with Crippen LogP contribution in [-0.2, 0) is 9.53 Å². The first kappa shape index (κ1) is 23.0. The minimum absolute atomic E-state index is 0.312. The van der Waals surface area contributed by atoms with E-state index in [1.807, 2.05) is 0 Å². The largest absolute Gasteiger partial charge is 0.462 e. The lowest BCUT2D eigenvalue weighted by Gasteiger charge is -2.39. The third-order valence-corrected chi connectivity index (χ3v) is 5.31. The van der Waals surface area contributed by atoms with E-state index in [-0.39, 0.29) is 0 Å². The standard InChI is InChI=1S/C17H26F6O3/c1-4-14(2,3)13(24)26-12(11-8-6-5-7-9-11)10-15(25,16(18,19)20)17(21,22)23/h11-12,25H,4-10H2,1-3H3. The van der Waals surface area contributed by atoms with Crippen molar-refractivity contribution in [3.63, 3.8) is 0 Å². The second-order valence-corrected chi connectivity index (χ2v) is 7.64. The Morgan fingerprint density at radius 1 is 1.04 bits per heavy atom. The van der Waals surface area contributed by atoms with Crippen LogP contribution in [0.25, 0.3) is 0 Å². The van der Waals surface area contributed by atoms with Crippen molar-refractivity contribution in [2.45, 2.75) is 89.8 Å². The number of hydrogen-bond acceptors (Lipinski definition) is 3. The topological polar surface area (TPSA) is 46.5 Å². The fraction of sp³-hybridized carbons (Fsp3) is 0.941. The summed E-state index contributed by atoms with van der Waals surface area (Å²) in [6.45, 7) is 4.68. The van der Waals surface area contributed by atoms with E-state index in [4.69, 9.17) is 4.74 Å². The average Bonchev–Trinajstić information content (AvgIpc) is 2.52. The molecule has 154 valence electrons. The van der Waals surface area contributed by atoms with Crippen LogP contribution in [0.2, 0.25) is 0 Å². The second kappa shape index (κ2) is 7.94. The van der Waals surface area contributed by atoms with Gasteiger partial charge in [-0.15, -0.1) is 0 Å². The maximum Gasteiger partial charge on any atom is 0.426 e. The zero-order valence-corrected chi connectivity index (χ0v) is 15.1. The summed E-state index contributed by atoms with van der Waals surface area (Å²) in [4.78, 5) is 12.3. The monoisotopic (exact) mass is 392 g/mol. The highest BCUT2D eigenvalue weighted by atomic mass is 19.4. The number of ether oxygens (including phenoxy) is 1. The van der Waals surface area contributed by atoms with E-state index < -0.39 is 47.8 Å². The predicted octanol–water partition coefficient (Wildman–Crippen LogP) is 5.16. The van der Waals surface area contributed by atoms with Gasteiger partial charge in [-0.25, -0.2) is 0 Å². The molecule has 1 aliphatic carbocycles. The van der Waals surface area contributed by atoms with Gasteiger partial charge in [-0.05, 0) is 39.0 Å². The van der Waals surface area contributed by atoms with Gasteiger partial charge in [0.05, 0.1) is 5.41 Å². The molecule has 0 bridgehead atoms. The van der Waals surface area contributed by atoms with Crippen molar-refractivity contribution in [2.24, 2.45) is 11.3 Å². The molecule has 0 spiro atoms. The van der Waals surface area contributed by atoms with Gasteiger partial charge in [-0.2, -0.15) is 26.3 Å². The van der Waals surface area contributed by atoms with Gasteiger partial charge in [0.1, 0.15) is 6.10 Å². The summed E-state index contributed by atoms with van der Waals surface area (Å²) < 4.78 is 83.5. The Morgan fingerprint density at radius 3 is 1.88 bits per heavy atom. The van der Waals surface area contributed by atoms with Crippen LogP contribution in [0.4, 0.5) is 26.3 Å². The van der Waals surface area contributed by atoms with Crippen molar-refractivity contribution in [3.05, 3.63) is 0 Å². The van der Waals surface area contributed by atoms with E-state index in [0.717, 1.165) is 6.42 Å². The van der Waals surface area contributed by atoms with E-state index in [1.165, 1.54) is 13.8 Å². The van der Waals surface area contributed by atoms with Crippen LogP contribution in [0, 0.1) is 11.3 Å². The number of esters is 1. The number of carbonyl (C=O) groups is 1. The Hall–Kier alpha value is -0.990. The maximum absolute atomic E-state index is 13.1. The van der Waals surface area contributed by atoms with E-state index >= 15 is 0 Å². The molecular formula is C17H26F6O3. The van der Waals surface area contributed by atoms with Crippen LogP contribution in [-0.4, -0.2) is 35.1 Å². The van der Waals surface area contributed by atoms with Gasteiger partial charge in [0.2, 0.25) is 0 Å². The molecule has 1 N–H and O–H groups in total. The van der Waals surface area contributed by atoms with Crippen molar-refractivity contribution in [2.75, 3.05) is 0 Å². The molecule has 1 atom stereocenters. The Bertz CT molecular complexity index is 464. The summed E-state index contributed by atoms with van der Waals surface area (Å²) >= 11 is 0. The number of aliphatic hydroxyl groups is 1. The first-order chi connectivity index (χ1) is 11.7. The van der Waals surface area contributed by atoms with Crippen LogP contribution < -0.4 is 0 Å². The lowest BCUT2D eigenvalue weighted by Crippen LogP contribution is -2.59. The fourth-order valence-electron chi connectivity index (χ4n) is 2.94. The molecule has 0 aliphatic heterocycles. The van der Waals surface area contributed by atoms with Gasteiger partial charge < -0.3 is 9.84 Å². The third-order valence-electron chi connectivity index (χ3n) is 5.31. The Labute approximate surface area is 149 Å². The van der Waals surface area contributed by atoms with Crippen molar-refractivity contribution in [1.29, 1.82) is 0 Å². The summed E-state index contributed by atoms with van der Waals surface area (Å²) in [6.07, 6.45) is -12.1. The van der Waals surface area contributed by atoms with E-state index in [1.54, 1.807) is 6.92 Å².